The maximum Gasteiger partial charge on any atom is 0.374 e. The molecular formula is C10H7NO3. The summed E-state index contributed by atoms with van der Waals surface area (Å²) in [6.45, 7) is 0. The van der Waals surface area contributed by atoms with Crippen molar-refractivity contribution >= 4 is 16.9 Å². The molecule has 0 aliphatic rings. The lowest BCUT2D eigenvalue weighted by Gasteiger charge is -1.98. The number of fused-ring (bicyclic) bond motifs is 1. The van der Waals surface area contributed by atoms with Crippen molar-refractivity contribution in [1.82, 2.24) is 4.98 Å². The maximum absolute atomic E-state index is 10.9. The van der Waals surface area contributed by atoms with Gasteiger partial charge in [0.05, 0.1) is 11.1 Å². The first-order valence-electron chi connectivity index (χ1n) is 4.02. The van der Waals surface area contributed by atoms with Gasteiger partial charge in [0, 0.05) is 11.6 Å². The van der Waals surface area contributed by atoms with Crippen LogP contribution >= 0.6 is 0 Å². The van der Waals surface area contributed by atoms with E-state index < -0.39 is 5.97 Å². The molecule has 0 fully saturated rings. The van der Waals surface area contributed by atoms with Crippen LogP contribution in [0.4, 0.5) is 0 Å². The van der Waals surface area contributed by atoms with Gasteiger partial charge in [-0.15, -0.1) is 0 Å². The van der Waals surface area contributed by atoms with Crippen LogP contribution in [0.2, 0.25) is 0 Å². The number of rotatable bonds is 1. The van der Waals surface area contributed by atoms with Crippen LogP contribution in [-0.4, -0.2) is 16.2 Å². The molecule has 4 nitrogen and oxygen atoms in total. The summed E-state index contributed by atoms with van der Waals surface area (Å²) >= 11 is 0. The van der Waals surface area contributed by atoms with E-state index in [0.29, 0.717) is 0 Å². The van der Waals surface area contributed by atoms with E-state index in [1.54, 1.807) is 6.07 Å². The molecule has 2 aromatic rings. The monoisotopic (exact) mass is 189 g/mol. The smallest absolute Gasteiger partial charge is 0.295 e. The summed E-state index contributed by atoms with van der Waals surface area (Å²) in [5.41, 5.74) is 1.02. The number of benzene rings is 1. The van der Waals surface area contributed by atoms with Gasteiger partial charge in [0.25, 0.3) is 0 Å². The lowest BCUT2D eigenvalue weighted by atomic mass is 10.2. The number of carbonyl (C=O) groups is 1. The Hall–Kier alpha value is -1.94. The lowest BCUT2D eigenvalue weighted by molar-refractivity contribution is -0.182. The summed E-state index contributed by atoms with van der Waals surface area (Å²) in [4.78, 5) is 18.6. The van der Waals surface area contributed by atoms with Gasteiger partial charge in [-0.25, -0.2) is 4.79 Å². The van der Waals surface area contributed by atoms with Crippen molar-refractivity contribution in [2.75, 3.05) is 0 Å². The van der Waals surface area contributed by atoms with Crippen LogP contribution in [0.5, 0.6) is 0 Å². The first-order chi connectivity index (χ1) is 6.81. The zero-order valence-electron chi connectivity index (χ0n) is 7.18. The van der Waals surface area contributed by atoms with Crippen molar-refractivity contribution in [3.05, 3.63) is 42.1 Å². The number of hydrogen-bond donors (Lipinski definition) is 1. The van der Waals surface area contributed by atoms with Gasteiger partial charge in [0.2, 0.25) is 0 Å². The fourth-order valence-electron chi connectivity index (χ4n) is 1.24. The highest BCUT2D eigenvalue weighted by molar-refractivity contribution is 5.93. The molecule has 0 amide bonds. The van der Waals surface area contributed by atoms with Crippen LogP contribution in [0.3, 0.4) is 0 Å². The first-order valence-corrected chi connectivity index (χ1v) is 4.02. The number of carbonyl (C=O) groups excluding carboxylic acids is 1. The SMILES string of the molecule is O=C(OO)c1cnc2ccccc2c1. The van der Waals surface area contributed by atoms with E-state index >= 15 is 0 Å². The minimum absolute atomic E-state index is 0.228. The molecule has 0 bridgehead atoms. The lowest BCUT2D eigenvalue weighted by Crippen LogP contribution is -2.01. The molecular weight excluding hydrogens is 182 g/mol. The standard InChI is InChI=1S/C10H7NO3/c12-10(14-13)8-5-7-3-1-2-4-9(7)11-6-8/h1-6,13H. The summed E-state index contributed by atoms with van der Waals surface area (Å²) in [6.07, 6.45) is 1.36. The number of hydrogen-bond acceptors (Lipinski definition) is 4. The van der Waals surface area contributed by atoms with Gasteiger partial charge < -0.3 is 0 Å². The van der Waals surface area contributed by atoms with Crippen LogP contribution < -0.4 is 0 Å². The second kappa shape index (κ2) is 3.43. The molecule has 0 saturated heterocycles. The molecule has 14 heavy (non-hydrogen) atoms. The number of para-hydroxylation sites is 1. The Labute approximate surface area is 79.7 Å². The van der Waals surface area contributed by atoms with Gasteiger partial charge in [-0.2, -0.15) is 5.26 Å². The van der Waals surface area contributed by atoms with Crippen LogP contribution in [0.1, 0.15) is 10.4 Å². The summed E-state index contributed by atoms with van der Waals surface area (Å²) in [7, 11) is 0. The van der Waals surface area contributed by atoms with E-state index in [-0.39, 0.29) is 5.56 Å². The van der Waals surface area contributed by atoms with Crippen LogP contribution in [0, 0.1) is 0 Å². The highest BCUT2D eigenvalue weighted by Crippen LogP contribution is 2.12. The van der Waals surface area contributed by atoms with Crippen molar-refractivity contribution in [3.63, 3.8) is 0 Å². The van der Waals surface area contributed by atoms with Gasteiger partial charge in [0.15, 0.2) is 0 Å². The predicted octanol–water partition coefficient (Wildman–Crippen LogP) is 1.86. The largest absolute Gasteiger partial charge is 0.374 e. The van der Waals surface area contributed by atoms with E-state index in [2.05, 4.69) is 9.87 Å². The normalized spacial score (nSPS) is 10.1. The van der Waals surface area contributed by atoms with E-state index in [9.17, 15) is 4.79 Å². The quantitative estimate of drug-likeness (QED) is 0.549. The molecule has 4 heteroatoms. The highest BCUT2D eigenvalue weighted by atomic mass is 17.1. The molecule has 1 heterocycles. The van der Waals surface area contributed by atoms with Crippen molar-refractivity contribution in [2.24, 2.45) is 0 Å². The van der Waals surface area contributed by atoms with E-state index in [1.165, 1.54) is 6.20 Å². The topological polar surface area (TPSA) is 59.4 Å². The molecule has 0 unspecified atom stereocenters. The molecule has 0 saturated carbocycles. The van der Waals surface area contributed by atoms with Gasteiger partial charge in [0.1, 0.15) is 0 Å². The zero-order chi connectivity index (χ0) is 9.97. The fourth-order valence-corrected chi connectivity index (χ4v) is 1.24. The van der Waals surface area contributed by atoms with Crippen molar-refractivity contribution in [2.45, 2.75) is 0 Å². The van der Waals surface area contributed by atoms with E-state index in [4.69, 9.17) is 5.26 Å². The van der Waals surface area contributed by atoms with Gasteiger partial charge >= 0.3 is 5.97 Å². The van der Waals surface area contributed by atoms with Crippen LogP contribution in [0.25, 0.3) is 10.9 Å². The minimum Gasteiger partial charge on any atom is -0.295 e. The summed E-state index contributed by atoms with van der Waals surface area (Å²) in [5.74, 6) is -0.803. The third-order valence-electron chi connectivity index (χ3n) is 1.91. The molecule has 0 spiro atoms. The van der Waals surface area contributed by atoms with Gasteiger partial charge in [-0.05, 0) is 12.1 Å². The Kier molecular flexibility index (Phi) is 2.12. The number of aromatic nitrogens is 1. The van der Waals surface area contributed by atoms with Crippen molar-refractivity contribution in [3.8, 4) is 0 Å². The Morgan fingerprint density at radius 3 is 2.93 bits per heavy atom. The van der Waals surface area contributed by atoms with Crippen LogP contribution in [-0.2, 0) is 4.89 Å². The molecule has 0 atom stereocenters. The van der Waals surface area contributed by atoms with E-state index in [0.717, 1.165) is 10.9 Å². The van der Waals surface area contributed by atoms with Crippen LogP contribution in [0.15, 0.2) is 36.5 Å². The molecule has 1 aromatic heterocycles. The molecule has 0 aliphatic heterocycles. The third-order valence-corrected chi connectivity index (χ3v) is 1.91. The van der Waals surface area contributed by atoms with Gasteiger partial charge in [-0.3, -0.25) is 9.87 Å². The van der Waals surface area contributed by atoms with Crippen molar-refractivity contribution in [1.29, 1.82) is 0 Å². The Balaban J connectivity index is 2.56. The predicted molar refractivity (Wildman–Crippen MR) is 49.8 cm³/mol. The molecule has 70 valence electrons. The number of pyridine rings is 1. The summed E-state index contributed by atoms with van der Waals surface area (Å²) in [5, 5.41) is 9.01. The minimum atomic E-state index is -0.803. The zero-order valence-corrected chi connectivity index (χ0v) is 7.18. The second-order valence-corrected chi connectivity index (χ2v) is 2.80. The first kappa shape index (κ1) is 8.65. The molecule has 2 rings (SSSR count). The summed E-state index contributed by atoms with van der Waals surface area (Å²) < 4.78 is 0. The van der Waals surface area contributed by atoms with Crippen molar-refractivity contribution < 1.29 is 14.9 Å². The molecule has 1 aromatic carbocycles. The molecule has 1 N–H and O–H groups in total. The fraction of sp³-hybridized carbons (Fsp3) is 0. The average Bonchev–Trinajstić information content (AvgIpc) is 2.27. The Morgan fingerprint density at radius 2 is 2.14 bits per heavy atom. The summed E-state index contributed by atoms with van der Waals surface area (Å²) in [6, 6.07) is 8.98. The number of nitrogens with zero attached hydrogens (tertiary/aromatic N) is 1. The Morgan fingerprint density at radius 1 is 1.36 bits per heavy atom. The average molecular weight is 189 g/mol. The highest BCUT2D eigenvalue weighted by Gasteiger charge is 2.07. The Bertz CT molecular complexity index is 482. The third kappa shape index (κ3) is 1.43. The second-order valence-electron chi connectivity index (χ2n) is 2.80. The van der Waals surface area contributed by atoms with E-state index in [1.807, 2.05) is 24.3 Å². The molecule has 0 aliphatic carbocycles. The van der Waals surface area contributed by atoms with Gasteiger partial charge in [-0.1, -0.05) is 18.2 Å². The molecule has 0 radical (unpaired) electrons. The maximum atomic E-state index is 10.9.